The zero-order chi connectivity index (χ0) is 14.7. The monoisotopic (exact) mass is 305 g/mol. The molecule has 1 aliphatic carbocycles. The lowest BCUT2D eigenvalue weighted by Gasteiger charge is -2.27. The molecular weight excluding hydrogens is 282 g/mol. The third-order valence-electron chi connectivity index (χ3n) is 4.40. The van der Waals surface area contributed by atoms with Gasteiger partial charge in [-0.1, -0.05) is 12.1 Å². The summed E-state index contributed by atoms with van der Waals surface area (Å²) in [7, 11) is 0. The minimum Gasteiger partial charge on any atom is -0.330 e. The summed E-state index contributed by atoms with van der Waals surface area (Å²) in [5, 5.41) is 9.52. The second-order valence-corrected chi connectivity index (χ2v) is 7.05. The van der Waals surface area contributed by atoms with Crippen LogP contribution < -0.4 is 5.73 Å². The van der Waals surface area contributed by atoms with Crippen LogP contribution in [0, 0.1) is 11.8 Å². The Bertz CT molecular complexity index is 568. The molecule has 0 bridgehead atoms. The van der Waals surface area contributed by atoms with Crippen molar-refractivity contribution in [3.63, 3.8) is 0 Å². The minimum absolute atomic E-state index is 0.713. The van der Waals surface area contributed by atoms with E-state index < -0.39 is 0 Å². The minimum atomic E-state index is 0.713. The van der Waals surface area contributed by atoms with Crippen LogP contribution in [0.15, 0.2) is 12.4 Å². The van der Waals surface area contributed by atoms with Gasteiger partial charge >= 0.3 is 0 Å². The molecule has 0 saturated heterocycles. The Balaban J connectivity index is 1.60. The molecule has 5 nitrogen and oxygen atoms in total. The number of rotatable bonds is 5. The van der Waals surface area contributed by atoms with Crippen molar-refractivity contribution in [2.75, 3.05) is 6.54 Å². The van der Waals surface area contributed by atoms with E-state index >= 15 is 0 Å². The fourth-order valence-electron chi connectivity index (χ4n) is 2.99. The average molecular weight is 305 g/mol. The van der Waals surface area contributed by atoms with Crippen LogP contribution in [-0.2, 0) is 13.0 Å². The molecule has 114 valence electrons. The van der Waals surface area contributed by atoms with Gasteiger partial charge in [0.2, 0.25) is 0 Å². The van der Waals surface area contributed by atoms with E-state index in [1.807, 2.05) is 17.1 Å². The number of nitrogens with zero attached hydrogens (tertiary/aromatic N) is 4. The van der Waals surface area contributed by atoms with Crippen molar-refractivity contribution in [2.24, 2.45) is 17.6 Å². The van der Waals surface area contributed by atoms with Gasteiger partial charge in [0.1, 0.15) is 10.7 Å². The summed E-state index contributed by atoms with van der Waals surface area (Å²) in [6.07, 6.45) is 10.0. The fraction of sp³-hybridized carbons (Fsp3) is 0.667. The van der Waals surface area contributed by atoms with Gasteiger partial charge in [-0.15, -0.1) is 16.4 Å². The summed E-state index contributed by atoms with van der Waals surface area (Å²) in [4.78, 5) is 5.72. The SMILES string of the molecule is CCc1cnc(-c2cn(CC3CCC(CN)CC3)nn2)s1. The number of hydrogen-bond donors (Lipinski definition) is 1. The van der Waals surface area contributed by atoms with Crippen molar-refractivity contribution in [3.8, 4) is 10.7 Å². The summed E-state index contributed by atoms with van der Waals surface area (Å²) >= 11 is 1.71. The highest BCUT2D eigenvalue weighted by atomic mass is 32.1. The average Bonchev–Trinajstić information content (AvgIpc) is 3.16. The molecule has 0 spiro atoms. The molecule has 0 aromatic carbocycles. The van der Waals surface area contributed by atoms with Gasteiger partial charge < -0.3 is 5.73 Å². The van der Waals surface area contributed by atoms with E-state index in [1.54, 1.807) is 11.3 Å². The Kier molecular flexibility index (Phi) is 4.65. The Hall–Kier alpha value is -1.27. The molecule has 0 amide bonds. The van der Waals surface area contributed by atoms with Gasteiger partial charge in [0.25, 0.3) is 0 Å². The molecule has 0 unspecified atom stereocenters. The lowest BCUT2D eigenvalue weighted by atomic mass is 9.82. The molecule has 1 aliphatic rings. The number of nitrogens with two attached hydrogens (primary N) is 1. The Morgan fingerprint density at radius 2 is 2.05 bits per heavy atom. The highest BCUT2D eigenvalue weighted by molar-refractivity contribution is 7.14. The lowest BCUT2D eigenvalue weighted by Crippen LogP contribution is -2.23. The van der Waals surface area contributed by atoms with E-state index in [1.165, 1.54) is 30.6 Å². The first-order chi connectivity index (χ1) is 10.3. The molecule has 2 heterocycles. The maximum absolute atomic E-state index is 5.75. The van der Waals surface area contributed by atoms with Crippen LogP contribution in [0.3, 0.4) is 0 Å². The molecule has 2 aromatic rings. The molecule has 3 rings (SSSR count). The fourth-order valence-corrected chi connectivity index (χ4v) is 3.79. The smallest absolute Gasteiger partial charge is 0.145 e. The van der Waals surface area contributed by atoms with Gasteiger partial charge in [0, 0.05) is 17.6 Å². The molecule has 0 aliphatic heterocycles. The molecule has 0 atom stereocenters. The molecule has 2 N–H and O–H groups in total. The highest BCUT2D eigenvalue weighted by Gasteiger charge is 2.21. The maximum Gasteiger partial charge on any atom is 0.145 e. The Labute approximate surface area is 129 Å². The normalized spacial score (nSPS) is 22.6. The van der Waals surface area contributed by atoms with E-state index in [0.717, 1.165) is 36.1 Å². The standard InChI is InChI=1S/C15H23N5S/c1-2-13-8-17-15(21-13)14-10-20(19-18-14)9-12-5-3-11(7-16)4-6-12/h8,10-12H,2-7,9,16H2,1H3. The largest absolute Gasteiger partial charge is 0.330 e. The number of thiazole rings is 1. The van der Waals surface area contributed by atoms with Crippen molar-refractivity contribution in [1.82, 2.24) is 20.0 Å². The van der Waals surface area contributed by atoms with Crippen molar-refractivity contribution >= 4 is 11.3 Å². The van der Waals surface area contributed by atoms with Gasteiger partial charge in [0.05, 0.1) is 6.20 Å². The second kappa shape index (κ2) is 6.66. The number of aryl methyl sites for hydroxylation is 1. The first-order valence-corrected chi connectivity index (χ1v) is 8.65. The van der Waals surface area contributed by atoms with Gasteiger partial charge in [0.15, 0.2) is 0 Å². The van der Waals surface area contributed by atoms with Gasteiger partial charge in [-0.2, -0.15) is 0 Å². The highest BCUT2D eigenvalue weighted by Crippen LogP contribution is 2.29. The third-order valence-corrected chi connectivity index (χ3v) is 5.57. The maximum atomic E-state index is 5.75. The van der Waals surface area contributed by atoms with Crippen LogP contribution in [0.25, 0.3) is 10.7 Å². The molecule has 6 heteroatoms. The summed E-state index contributed by atoms with van der Waals surface area (Å²) in [5.74, 6) is 1.44. The van der Waals surface area contributed by atoms with E-state index in [2.05, 4.69) is 22.2 Å². The van der Waals surface area contributed by atoms with E-state index in [0.29, 0.717) is 5.92 Å². The summed E-state index contributed by atoms with van der Waals surface area (Å²) < 4.78 is 1.98. The zero-order valence-electron chi connectivity index (χ0n) is 12.5. The van der Waals surface area contributed by atoms with E-state index in [-0.39, 0.29) is 0 Å². The van der Waals surface area contributed by atoms with Crippen molar-refractivity contribution in [1.29, 1.82) is 0 Å². The van der Waals surface area contributed by atoms with Crippen molar-refractivity contribution in [3.05, 3.63) is 17.3 Å². The van der Waals surface area contributed by atoms with Crippen molar-refractivity contribution in [2.45, 2.75) is 45.6 Å². The molecule has 1 fully saturated rings. The molecule has 1 saturated carbocycles. The molecule has 0 radical (unpaired) electrons. The quantitative estimate of drug-likeness (QED) is 0.922. The topological polar surface area (TPSA) is 69.6 Å². The Morgan fingerprint density at radius 1 is 1.29 bits per heavy atom. The summed E-state index contributed by atoms with van der Waals surface area (Å²) in [6, 6.07) is 0. The van der Waals surface area contributed by atoms with E-state index in [9.17, 15) is 0 Å². The summed E-state index contributed by atoms with van der Waals surface area (Å²) in [5.41, 5.74) is 6.65. The van der Waals surface area contributed by atoms with Crippen LogP contribution in [0.1, 0.15) is 37.5 Å². The van der Waals surface area contributed by atoms with Crippen LogP contribution in [0.2, 0.25) is 0 Å². The Morgan fingerprint density at radius 3 is 2.71 bits per heavy atom. The zero-order valence-corrected chi connectivity index (χ0v) is 13.4. The number of aromatic nitrogens is 4. The van der Waals surface area contributed by atoms with Crippen LogP contribution >= 0.6 is 11.3 Å². The first kappa shape index (κ1) is 14.7. The number of hydrogen-bond acceptors (Lipinski definition) is 5. The summed E-state index contributed by atoms with van der Waals surface area (Å²) in [6.45, 7) is 3.95. The van der Waals surface area contributed by atoms with Crippen molar-refractivity contribution < 1.29 is 0 Å². The molecular formula is C15H23N5S. The molecule has 2 aromatic heterocycles. The van der Waals surface area contributed by atoms with Gasteiger partial charge in [-0.05, 0) is 50.5 Å². The van der Waals surface area contributed by atoms with E-state index in [4.69, 9.17) is 5.73 Å². The lowest BCUT2D eigenvalue weighted by molar-refractivity contribution is 0.249. The van der Waals surface area contributed by atoms with Crippen LogP contribution in [0.5, 0.6) is 0 Å². The van der Waals surface area contributed by atoms with Gasteiger partial charge in [-0.3, -0.25) is 4.68 Å². The van der Waals surface area contributed by atoms with Gasteiger partial charge in [-0.25, -0.2) is 4.98 Å². The molecule has 21 heavy (non-hydrogen) atoms. The predicted octanol–water partition coefficient (Wildman–Crippen LogP) is 2.73. The second-order valence-electron chi connectivity index (χ2n) is 5.93. The predicted molar refractivity (Wildman–Crippen MR) is 85.0 cm³/mol. The third kappa shape index (κ3) is 3.49. The van der Waals surface area contributed by atoms with Crippen LogP contribution in [0.4, 0.5) is 0 Å². The van der Waals surface area contributed by atoms with Crippen LogP contribution in [-0.4, -0.2) is 26.5 Å². The first-order valence-electron chi connectivity index (χ1n) is 7.83.